The number of thiophene rings is 1. The Kier molecular flexibility index (Phi) is 5.43. The lowest BCUT2D eigenvalue weighted by Crippen LogP contribution is -2.13. The van der Waals surface area contributed by atoms with Crippen LogP contribution in [0.4, 0.5) is 11.5 Å². The second kappa shape index (κ2) is 7.93. The van der Waals surface area contributed by atoms with Crippen LogP contribution in [0.15, 0.2) is 53.7 Å². The SMILES string of the molecule is C=CCc1c(C)nc(-c2ccsc2)nc1Nc1ccc(CC(N)=O)cc1. The molecule has 0 radical (unpaired) electrons. The molecule has 6 heteroatoms. The first-order valence-electron chi connectivity index (χ1n) is 8.22. The highest BCUT2D eigenvalue weighted by atomic mass is 32.1. The topological polar surface area (TPSA) is 80.9 Å². The van der Waals surface area contributed by atoms with Crippen molar-refractivity contribution in [3.63, 3.8) is 0 Å². The Bertz CT molecular complexity index is 918. The number of primary amides is 1. The van der Waals surface area contributed by atoms with Gasteiger partial charge in [0, 0.05) is 27.9 Å². The molecule has 0 atom stereocenters. The molecule has 1 aromatic carbocycles. The maximum atomic E-state index is 11.0. The number of nitrogens with zero attached hydrogens (tertiary/aromatic N) is 2. The van der Waals surface area contributed by atoms with Crippen molar-refractivity contribution in [1.82, 2.24) is 9.97 Å². The third kappa shape index (κ3) is 4.15. The highest BCUT2D eigenvalue weighted by molar-refractivity contribution is 7.08. The number of aromatic nitrogens is 2. The van der Waals surface area contributed by atoms with Gasteiger partial charge in [-0.1, -0.05) is 18.2 Å². The number of benzene rings is 1. The number of allylic oxidation sites excluding steroid dienone is 1. The molecule has 132 valence electrons. The number of aryl methyl sites for hydroxylation is 1. The molecular formula is C20H20N4OS. The van der Waals surface area contributed by atoms with Crippen LogP contribution in [0.5, 0.6) is 0 Å². The summed E-state index contributed by atoms with van der Waals surface area (Å²) >= 11 is 1.62. The molecule has 3 rings (SSSR count). The minimum absolute atomic E-state index is 0.233. The molecule has 0 bridgehead atoms. The Morgan fingerprint density at radius 3 is 2.65 bits per heavy atom. The van der Waals surface area contributed by atoms with E-state index in [0.717, 1.165) is 33.9 Å². The van der Waals surface area contributed by atoms with Crippen LogP contribution in [-0.2, 0) is 17.6 Å². The molecule has 26 heavy (non-hydrogen) atoms. The average Bonchev–Trinajstić information content (AvgIpc) is 3.13. The predicted molar refractivity (Wildman–Crippen MR) is 107 cm³/mol. The van der Waals surface area contributed by atoms with E-state index in [-0.39, 0.29) is 12.3 Å². The van der Waals surface area contributed by atoms with Gasteiger partial charge in [-0.3, -0.25) is 4.79 Å². The smallest absolute Gasteiger partial charge is 0.221 e. The summed E-state index contributed by atoms with van der Waals surface area (Å²) in [6, 6.07) is 9.60. The summed E-state index contributed by atoms with van der Waals surface area (Å²) in [4.78, 5) is 20.4. The molecule has 5 nitrogen and oxygen atoms in total. The Hall–Kier alpha value is -2.99. The van der Waals surface area contributed by atoms with Crippen molar-refractivity contribution in [1.29, 1.82) is 0 Å². The number of anilines is 2. The number of hydrogen-bond acceptors (Lipinski definition) is 5. The van der Waals surface area contributed by atoms with E-state index < -0.39 is 0 Å². The molecule has 0 saturated carbocycles. The van der Waals surface area contributed by atoms with Crippen LogP contribution < -0.4 is 11.1 Å². The Balaban J connectivity index is 1.94. The van der Waals surface area contributed by atoms with Crippen molar-refractivity contribution in [2.24, 2.45) is 5.73 Å². The molecule has 0 unspecified atom stereocenters. The predicted octanol–water partition coefficient (Wildman–Crippen LogP) is 4.01. The Morgan fingerprint density at radius 1 is 1.27 bits per heavy atom. The van der Waals surface area contributed by atoms with E-state index in [1.807, 2.05) is 54.1 Å². The van der Waals surface area contributed by atoms with Crippen LogP contribution in [0.1, 0.15) is 16.8 Å². The van der Waals surface area contributed by atoms with E-state index in [0.29, 0.717) is 12.2 Å². The lowest BCUT2D eigenvalue weighted by atomic mass is 10.1. The quantitative estimate of drug-likeness (QED) is 0.621. The van der Waals surface area contributed by atoms with Gasteiger partial charge in [-0.25, -0.2) is 9.97 Å². The monoisotopic (exact) mass is 364 g/mol. The number of carbonyl (C=O) groups excluding carboxylic acids is 1. The number of hydrogen-bond donors (Lipinski definition) is 2. The van der Waals surface area contributed by atoms with Gasteiger partial charge in [0.25, 0.3) is 0 Å². The van der Waals surface area contributed by atoms with Crippen molar-refractivity contribution in [2.75, 3.05) is 5.32 Å². The van der Waals surface area contributed by atoms with Crippen molar-refractivity contribution in [3.8, 4) is 11.4 Å². The zero-order valence-corrected chi connectivity index (χ0v) is 15.3. The van der Waals surface area contributed by atoms with E-state index in [9.17, 15) is 4.79 Å². The third-order valence-corrected chi connectivity index (χ3v) is 4.62. The highest BCUT2D eigenvalue weighted by Crippen LogP contribution is 2.27. The van der Waals surface area contributed by atoms with Gasteiger partial charge in [-0.05, 0) is 42.5 Å². The number of carbonyl (C=O) groups is 1. The van der Waals surface area contributed by atoms with Gasteiger partial charge >= 0.3 is 0 Å². The standard InChI is InChI=1S/C20H20N4OS/c1-3-4-17-13(2)22-19(15-9-10-26-12-15)24-20(17)23-16-7-5-14(6-8-16)11-18(21)25/h3,5-10,12H,1,4,11H2,2H3,(H2,21,25)(H,22,23,24). The molecular weight excluding hydrogens is 344 g/mol. The maximum Gasteiger partial charge on any atom is 0.221 e. The second-order valence-corrected chi connectivity index (χ2v) is 6.71. The van der Waals surface area contributed by atoms with E-state index in [1.54, 1.807) is 11.3 Å². The molecule has 2 heterocycles. The summed E-state index contributed by atoms with van der Waals surface area (Å²) in [7, 11) is 0. The normalized spacial score (nSPS) is 10.5. The van der Waals surface area contributed by atoms with Crippen molar-refractivity contribution in [2.45, 2.75) is 19.8 Å². The molecule has 0 aliphatic rings. The lowest BCUT2D eigenvalue weighted by molar-refractivity contribution is -0.117. The molecule has 0 aliphatic heterocycles. The molecule has 0 spiro atoms. The van der Waals surface area contributed by atoms with Gasteiger partial charge in [0.1, 0.15) is 5.82 Å². The van der Waals surface area contributed by atoms with Crippen LogP contribution in [0.3, 0.4) is 0 Å². The summed E-state index contributed by atoms with van der Waals surface area (Å²) in [6.07, 6.45) is 2.76. The van der Waals surface area contributed by atoms with E-state index in [1.165, 1.54) is 0 Å². The summed E-state index contributed by atoms with van der Waals surface area (Å²) in [6.45, 7) is 5.81. The second-order valence-electron chi connectivity index (χ2n) is 5.93. The first-order chi connectivity index (χ1) is 12.6. The molecule has 3 aromatic rings. The number of nitrogens with one attached hydrogen (secondary N) is 1. The van der Waals surface area contributed by atoms with E-state index >= 15 is 0 Å². The number of nitrogens with two attached hydrogens (primary N) is 1. The van der Waals surface area contributed by atoms with Gasteiger partial charge in [-0.15, -0.1) is 6.58 Å². The fraction of sp³-hybridized carbons (Fsp3) is 0.150. The maximum absolute atomic E-state index is 11.0. The van der Waals surface area contributed by atoms with Crippen LogP contribution >= 0.6 is 11.3 Å². The molecule has 2 aromatic heterocycles. The first kappa shape index (κ1) is 17.8. The fourth-order valence-corrected chi connectivity index (χ4v) is 3.29. The van der Waals surface area contributed by atoms with Gasteiger partial charge in [0.2, 0.25) is 5.91 Å². The summed E-state index contributed by atoms with van der Waals surface area (Å²) in [5.41, 5.74) is 9.95. The molecule has 0 saturated heterocycles. The third-order valence-electron chi connectivity index (χ3n) is 3.94. The average molecular weight is 364 g/mol. The first-order valence-corrected chi connectivity index (χ1v) is 9.16. The summed E-state index contributed by atoms with van der Waals surface area (Å²) < 4.78 is 0. The number of amides is 1. The van der Waals surface area contributed by atoms with Crippen LogP contribution in [0.2, 0.25) is 0 Å². The largest absolute Gasteiger partial charge is 0.369 e. The zero-order chi connectivity index (χ0) is 18.5. The van der Waals surface area contributed by atoms with E-state index in [2.05, 4.69) is 16.9 Å². The van der Waals surface area contributed by atoms with Crippen LogP contribution in [0.25, 0.3) is 11.4 Å². The fourth-order valence-electron chi connectivity index (χ4n) is 2.65. The number of rotatable bonds is 7. The van der Waals surface area contributed by atoms with E-state index in [4.69, 9.17) is 10.7 Å². The van der Waals surface area contributed by atoms with Crippen molar-refractivity contribution < 1.29 is 4.79 Å². The highest BCUT2D eigenvalue weighted by Gasteiger charge is 2.13. The van der Waals surface area contributed by atoms with Crippen molar-refractivity contribution in [3.05, 3.63) is 70.6 Å². The summed E-state index contributed by atoms with van der Waals surface area (Å²) in [5, 5.41) is 7.41. The summed E-state index contributed by atoms with van der Waals surface area (Å²) in [5.74, 6) is 1.12. The zero-order valence-electron chi connectivity index (χ0n) is 14.5. The Labute approximate surface area is 156 Å². The molecule has 0 fully saturated rings. The van der Waals surface area contributed by atoms with Gasteiger partial charge in [-0.2, -0.15) is 11.3 Å². The minimum atomic E-state index is -0.342. The van der Waals surface area contributed by atoms with Crippen molar-refractivity contribution >= 4 is 28.7 Å². The lowest BCUT2D eigenvalue weighted by Gasteiger charge is -2.14. The van der Waals surface area contributed by atoms with Gasteiger partial charge in [0.05, 0.1) is 6.42 Å². The molecule has 0 aliphatic carbocycles. The van der Waals surface area contributed by atoms with Crippen LogP contribution in [0, 0.1) is 6.92 Å². The van der Waals surface area contributed by atoms with Gasteiger partial charge < -0.3 is 11.1 Å². The Morgan fingerprint density at radius 2 is 2.04 bits per heavy atom. The van der Waals surface area contributed by atoms with Gasteiger partial charge in [0.15, 0.2) is 5.82 Å². The molecule has 1 amide bonds. The molecule has 3 N–H and O–H groups in total. The minimum Gasteiger partial charge on any atom is -0.369 e. The van der Waals surface area contributed by atoms with Crippen LogP contribution in [-0.4, -0.2) is 15.9 Å².